The summed E-state index contributed by atoms with van der Waals surface area (Å²) in [5.41, 5.74) is 7.33. The molecule has 0 atom stereocenters. The fourth-order valence-electron chi connectivity index (χ4n) is 1.48. The topological polar surface area (TPSA) is 35.2 Å². The fraction of sp³-hybridized carbons (Fsp3) is 0.0769. The van der Waals surface area contributed by atoms with Crippen LogP contribution in [-0.4, -0.2) is 0 Å². The Hall–Kier alpha value is -0.710. The molecule has 2 nitrogen and oxygen atoms in total. The number of benzene rings is 2. The smallest absolute Gasteiger partial charge is 0.148 e. The van der Waals surface area contributed by atoms with Crippen molar-refractivity contribution in [1.29, 1.82) is 0 Å². The first kappa shape index (κ1) is 13.7. The number of halogens is 3. The summed E-state index contributed by atoms with van der Waals surface area (Å²) < 4.78 is 7.37. The minimum Gasteiger partial charge on any atom is -0.486 e. The summed E-state index contributed by atoms with van der Waals surface area (Å²) in [6.45, 7) is 0.404. The van der Waals surface area contributed by atoms with Crippen LogP contribution >= 0.6 is 43.5 Å². The van der Waals surface area contributed by atoms with Crippen LogP contribution in [0.1, 0.15) is 5.56 Å². The van der Waals surface area contributed by atoms with Crippen molar-refractivity contribution in [2.75, 3.05) is 5.73 Å². The number of hydrogen-bond donors (Lipinski definition) is 1. The van der Waals surface area contributed by atoms with Gasteiger partial charge in [0.25, 0.3) is 0 Å². The van der Waals surface area contributed by atoms with Gasteiger partial charge in [0.15, 0.2) is 0 Å². The predicted molar refractivity (Wildman–Crippen MR) is 82.0 cm³/mol. The number of rotatable bonds is 3. The number of nitrogen functional groups attached to an aromatic ring is 1. The van der Waals surface area contributed by atoms with Crippen molar-refractivity contribution >= 4 is 49.1 Å². The zero-order chi connectivity index (χ0) is 13.1. The summed E-state index contributed by atoms with van der Waals surface area (Å²) in [5.74, 6) is 0.712. The van der Waals surface area contributed by atoms with Crippen LogP contribution in [0.25, 0.3) is 0 Å². The molecule has 2 aromatic rings. The molecule has 0 saturated carbocycles. The van der Waals surface area contributed by atoms with Crippen LogP contribution in [0.4, 0.5) is 5.69 Å². The van der Waals surface area contributed by atoms with Crippen LogP contribution in [0.2, 0.25) is 5.02 Å². The first-order valence-corrected chi connectivity index (χ1v) is 7.15. The highest BCUT2D eigenvalue weighted by Crippen LogP contribution is 2.36. The largest absolute Gasteiger partial charge is 0.486 e. The summed E-state index contributed by atoms with van der Waals surface area (Å²) >= 11 is 12.9. The molecule has 0 bridgehead atoms. The third-order valence-corrected chi connectivity index (χ3v) is 3.90. The zero-order valence-electron chi connectivity index (χ0n) is 9.29. The van der Waals surface area contributed by atoms with Crippen molar-refractivity contribution in [2.24, 2.45) is 0 Å². The van der Waals surface area contributed by atoms with E-state index in [0.29, 0.717) is 23.1 Å². The second-order valence-electron chi connectivity index (χ2n) is 3.69. The lowest BCUT2D eigenvalue weighted by atomic mass is 10.2. The molecule has 0 aliphatic carbocycles. The van der Waals surface area contributed by atoms with Crippen LogP contribution in [0.15, 0.2) is 45.3 Å². The molecule has 0 saturated heterocycles. The Morgan fingerprint density at radius 2 is 1.72 bits per heavy atom. The number of anilines is 1. The van der Waals surface area contributed by atoms with Gasteiger partial charge in [0.2, 0.25) is 0 Å². The third kappa shape index (κ3) is 3.19. The average Bonchev–Trinajstić information content (AvgIpc) is 2.30. The van der Waals surface area contributed by atoms with Crippen LogP contribution < -0.4 is 10.5 Å². The molecule has 0 heterocycles. The Balaban J connectivity index is 2.19. The number of ether oxygens (including phenoxy) is 1. The summed E-state index contributed by atoms with van der Waals surface area (Å²) in [6.07, 6.45) is 0. The van der Waals surface area contributed by atoms with E-state index in [1.807, 2.05) is 24.3 Å². The Labute approximate surface area is 127 Å². The molecule has 2 N–H and O–H groups in total. The molecule has 2 rings (SSSR count). The molecule has 2 aromatic carbocycles. The molecule has 0 spiro atoms. The quantitative estimate of drug-likeness (QED) is 0.745. The molecule has 0 aromatic heterocycles. The van der Waals surface area contributed by atoms with Gasteiger partial charge in [0.05, 0.1) is 8.95 Å². The molecule has 0 aliphatic rings. The summed E-state index contributed by atoms with van der Waals surface area (Å²) in [4.78, 5) is 0. The van der Waals surface area contributed by atoms with Gasteiger partial charge >= 0.3 is 0 Å². The molecule has 0 aliphatic heterocycles. The van der Waals surface area contributed by atoms with Crippen LogP contribution in [0, 0.1) is 0 Å². The third-order valence-electron chi connectivity index (χ3n) is 2.35. The number of nitrogens with two attached hydrogens (primary N) is 1. The van der Waals surface area contributed by atoms with E-state index in [2.05, 4.69) is 31.9 Å². The van der Waals surface area contributed by atoms with Crippen molar-refractivity contribution in [3.63, 3.8) is 0 Å². The van der Waals surface area contributed by atoms with Gasteiger partial charge in [-0.25, -0.2) is 0 Å². The van der Waals surface area contributed by atoms with Gasteiger partial charge in [-0.05, 0) is 50.1 Å². The maximum atomic E-state index is 6.07. The van der Waals surface area contributed by atoms with Crippen molar-refractivity contribution in [1.82, 2.24) is 0 Å². The standard InChI is InChI=1S/C13H10Br2ClNO/c14-10-5-9(17)6-11(15)13(10)18-7-8-3-1-2-4-12(8)16/h1-6H,7,17H2. The molecule has 5 heteroatoms. The summed E-state index contributed by atoms with van der Waals surface area (Å²) in [5, 5.41) is 0.695. The Bertz CT molecular complexity index is 552. The molecule has 0 fully saturated rings. The highest BCUT2D eigenvalue weighted by atomic mass is 79.9. The minimum atomic E-state index is 0.404. The maximum absolute atomic E-state index is 6.07. The van der Waals surface area contributed by atoms with Gasteiger partial charge in [-0.3, -0.25) is 0 Å². The van der Waals surface area contributed by atoms with Gasteiger partial charge in [-0.15, -0.1) is 0 Å². The van der Waals surface area contributed by atoms with Crippen molar-refractivity contribution in [3.8, 4) is 5.75 Å². The Morgan fingerprint density at radius 3 is 2.33 bits per heavy atom. The molecule has 18 heavy (non-hydrogen) atoms. The van der Waals surface area contributed by atoms with E-state index in [1.165, 1.54) is 0 Å². The van der Waals surface area contributed by atoms with E-state index in [9.17, 15) is 0 Å². The van der Waals surface area contributed by atoms with Gasteiger partial charge in [0.1, 0.15) is 12.4 Å². The Morgan fingerprint density at radius 1 is 1.11 bits per heavy atom. The van der Waals surface area contributed by atoms with Crippen LogP contribution in [0.5, 0.6) is 5.75 Å². The molecular formula is C13H10Br2ClNO. The first-order chi connectivity index (χ1) is 8.58. The van der Waals surface area contributed by atoms with Crippen molar-refractivity contribution < 1.29 is 4.74 Å². The predicted octanol–water partition coefficient (Wildman–Crippen LogP) is 5.03. The summed E-state index contributed by atoms with van der Waals surface area (Å²) in [7, 11) is 0. The molecule has 0 unspecified atom stereocenters. The van der Waals surface area contributed by atoms with Crippen molar-refractivity contribution in [2.45, 2.75) is 6.61 Å². The van der Waals surface area contributed by atoms with E-state index >= 15 is 0 Å². The first-order valence-electron chi connectivity index (χ1n) is 5.18. The van der Waals surface area contributed by atoms with E-state index < -0.39 is 0 Å². The highest BCUT2D eigenvalue weighted by molar-refractivity contribution is 9.11. The lowest BCUT2D eigenvalue weighted by Gasteiger charge is -2.12. The normalized spacial score (nSPS) is 10.4. The second kappa shape index (κ2) is 5.95. The van der Waals surface area contributed by atoms with E-state index in [0.717, 1.165) is 14.5 Å². The zero-order valence-corrected chi connectivity index (χ0v) is 13.2. The van der Waals surface area contributed by atoms with Crippen LogP contribution in [0.3, 0.4) is 0 Å². The van der Waals surface area contributed by atoms with Gasteiger partial charge in [-0.2, -0.15) is 0 Å². The lowest BCUT2D eigenvalue weighted by molar-refractivity contribution is 0.302. The molecule has 94 valence electrons. The molecular weight excluding hydrogens is 381 g/mol. The fourth-order valence-corrected chi connectivity index (χ4v) is 3.12. The monoisotopic (exact) mass is 389 g/mol. The molecule has 0 radical (unpaired) electrons. The highest BCUT2D eigenvalue weighted by Gasteiger charge is 2.09. The van der Waals surface area contributed by atoms with Gasteiger partial charge < -0.3 is 10.5 Å². The average molecular weight is 391 g/mol. The minimum absolute atomic E-state index is 0.404. The lowest BCUT2D eigenvalue weighted by Crippen LogP contribution is -1.98. The summed E-state index contributed by atoms with van der Waals surface area (Å²) in [6, 6.07) is 11.2. The van der Waals surface area contributed by atoms with E-state index in [1.54, 1.807) is 12.1 Å². The van der Waals surface area contributed by atoms with E-state index in [4.69, 9.17) is 22.1 Å². The van der Waals surface area contributed by atoms with Gasteiger partial charge in [0, 0.05) is 16.3 Å². The number of hydrogen-bond acceptors (Lipinski definition) is 2. The van der Waals surface area contributed by atoms with Crippen LogP contribution in [-0.2, 0) is 6.61 Å². The van der Waals surface area contributed by atoms with Gasteiger partial charge in [-0.1, -0.05) is 29.8 Å². The maximum Gasteiger partial charge on any atom is 0.148 e. The van der Waals surface area contributed by atoms with Crippen molar-refractivity contribution in [3.05, 3.63) is 55.9 Å². The van der Waals surface area contributed by atoms with E-state index in [-0.39, 0.29) is 0 Å². The molecule has 0 amide bonds. The second-order valence-corrected chi connectivity index (χ2v) is 5.81. The SMILES string of the molecule is Nc1cc(Br)c(OCc2ccccc2Cl)c(Br)c1. The Kier molecular flexibility index (Phi) is 4.54.